The molecule has 1 aliphatic rings. The SMILES string of the molecule is COc1cc(N(C)CCN(C)C)c(N)cc1Nc1ncc(SCCO)c(-c2cn3c4c(cccc24)CCC3)n1. The van der Waals surface area contributed by atoms with Gasteiger partial charge < -0.3 is 35.3 Å². The van der Waals surface area contributed by atoms with E-state index in [1.807, 2.05) is 25.4 Å². The Bertz CT molecular complexity index is 1470. The number of nitrogens with one attached hydrogen (secondary N) is 1. The lowest BCUT2D eigenvalue weighted by Gasteiger charge is -2.24. The highest BCUT2D eigenvalue weighted by Gasteiger charge is 2.21. The van der Waals surface area contributed by atoms with Crippen molar-refractivity contribution in [2.45, 2.75) is 24.3 Å². The predicted octanol–water partition coefficient (Wildman–Crippen LogP) is 4.46. The van der Waals surface area contributed by atoms with Crippen molar-refractivity contribution in [2.24, 2.45) is 0 Å². The highest BCUT2D eigenvalue weighted by molar-refractivity contribution is 7.99. The van der Waals surface area contributed by atoms with Crippen LogP contribution in [0.25, 0.3) is 22.2 Å². The lowest BCUT2D eigenvalue weighted by molar-refractivity contribution is 0.322. The van der Waals surface area contributed by atoms with E-state index < -0.39 is 0 Å². The molecule has 0 amide bonds. The summed E-state index contributed by atoms with van der Waals surface area (Å²) in [7, 11) is 7.78. The number of hydrogen-bond acceptors (Lipinski definition) is 9. The molecule has 0 unspecified atom stereocenters. The molecule has 3 heterocycles. The molecule has 4 aromatic rings. The van der Waals surface area contributed by atoms with E-state index in [2.05, 4.69) is 63.2 Å². The molecule has 0 fully saturated rings. The molecule has 5 rings (SSSR count). The average molecular weight is 548 g/mol. The van der Waals surface area contributed by atoms with Gasteiger partial charge in [-0.3, -0.25) is 0 Å². The van der Waals surface area contributed by atoms with E-state index >= 15 is 0 Å². The number of anilines is 4. The Morgan fingerprint density at radius 2 is 2.05 bits per heavy atom. The Hall–Kier alpha value is -3.47. The van der Waals surface area contributed by atoms with Crippen LogP contribution in [0.5, 0.6) is 5.75 Å². The van der Waals surface area contributed by atoms with Crippen LogP contribution in [0.1, 0.15) is 12.0 Å². The van der Waals surface area contributed by atoms with Crippen molar-refractivity contribution in [1.29, 1.82) is 0 Å². The van der Waals surface area contributed by atoms with Crippen LogP contribution < -0.4 is 20.7 Å². The van der Waals surface area contributed by atoms with Gasteiger partial charge in [0.15, 0.2) is 0 Å². The molecule has 4 N–H and O–H groups in total. The first-order valence-electron chi connectivity index (χ1n) is 13.2. The number of nitrogens with zero attached hydrogens (tertiary/aromatic N) is 5. The summed E-state index contributed by atoms with van der Waals surface area (Å²) in [4.78, 5) is 14.8. The van der Waals surface area contributed by atoms with Crippen molar-refractivity contribution in [1.82, 2.24) is 19.4 Å². The largest absolute Gasteiger partial charge is 0.494 e. The summed E-state index contributed by atoms with van der Waals surface area (Å²) in [5.74, 6) is 1.68. The fraction of sp³-hybridized carbons (Fsp3) is 0.379. The number of thioether (sulfide) groups is 1. The summed E-state index contributed by atoms with van der Waals surface area (Å²) in [6.07, 6.45) is 6.26. The van der Waals surface area contributed by atoms with E-state index in [0.29, 0.717) is 28.8 Å². The number of aryl methyl sites for hydroxylation is 2. The number of aliphatic hydroxyl groups excluding tert-OH is 1. The molecule has 0 radical (unpaired) electrons. The smallest absolute Gasteiger partial charge is 0.227 e. The molecule has 0 bridgehead atoms. The summed E-state index contributed by atoms with van der Waals surface area (Å²) in [6.45, 7) is 2.83. The van der Waals surface area contributed by atoms with E-state index in [1.54, 1.807) is 18.9 Å². The summed E-state index contributed by atoms with van der Waals surface area (Å²) < 4.78 is 8.07. The first-order valence-corrected chi connectivity index (χ1v) is 14.2. The molecule has 0 saturated carbocycles. The molecular weight excluding hydrogens is 510 g/mol. The zero-order valence-corrected chi connectivity index (χ0v) is 23.9. The van der Waals surface area contributed by atoms with Crippen molar-refractivity contribution in [3.05, 3.63) is 48.3 Å². The summed E-state index contributed by atoms with van der Waals surface area (Å²) in [6, 6.07) is 10.3. The van der Waals surface area contributed by atoms with Gasteiger partial charge in [0.05, 0.1) is 46.9 Å². The van der Waals surface area contributed by atoms with Crippen molar-refractivity contribution >= 4 is 45.7 Å². The molecule has 0 atom stereocenters. The second kappa shape index (κ2) is 11.7. The van der Waals surface area contributed by atoms with Crippen LogP contribution in [-0.2, 0) is 13.0 Å². The summed E-state index contributed by atoms with van der Waals surface area (Å²) in [5, 5.41) is 14.0. The van der Waals surface area contributed by atoms with Gasteiger partial charge in [-0.25, -0.2) is 9.97 Å². The predicted molar refractivity (Wildman–Crippen MR) is 162 cm³/mol. The van der Waals surface area contributed by atoms with Gasteiger partial charge in [0, 0.05) is 61.8 Å². The van der Waals surface area contributed by atoms with Crippen LogP contribution in [0.2, 0.25) is 0 Å². The van der Waals surface area contributed by atoms with Crippen molar-refractivity contribution in [3.8, 4) is 17.0 Å². The first-order chi connectivity index (χ1) is 18.9. The summed E-state index contributed by atoms with van der Waals surface area (Å²) >= 11 is 1.56. The third kappa shape index (κ3) is 5.63. The number of ether oxygens (including phenoxy) is 1. The molecule has 9 nitrogen and oxygen atoms in total. The Kier molecular flexibility index (Phi) is 8.15. The molecular formula is C29H37N7O2S. The van der Waals surface area contributed by atoms with Gasteiger partial charge >= 0.3 is 0 Å². The Morgan fingerprint density at radius 3 is 2.82 bits per heavy atom. The highest BCUT2D eigenvalue weighted by atomic mass is 32.2. The van der Waals surface area contributed by atoms with Crippen molar-refractivity contribution in [3.63, 3.8) is 0 Å². The van der Waals surface area contributed by atoms with E-state index in [-0.39, 0.29) is 6.61 Å². The van der Waals surface area contributed by atoms with E-state index in [4.69, 9.17) is 15.5 Å². The van der Waals surface area contributed by atoms with Gasteiger partial charge in [-0.1, -0.05) is 18.2 Å². The standard InChI is InChI=1S/C29H37N7O2S/c1-34(2)11-12-35(3)24-16-25(38-4)23(15-22(24)30)32-29-31-17-26(39-14-13-37)27(33-29)21-18-36-10-6-8-19-7-5-9-20(21)28(19)36/h5,7,9,15-18,37H,6,8,10-14,30H2,1-4H3,(H,31,32,33). The minimum atomic E-state index is 0.0851. The van der Waals surface area contributed by atoms with Gasteiger partial charge in [0.1, 0.15) is 5.75 Å². The molecule has 2 aromatic carbocycles. The molecule has 1 aliphatic heterocycles. The monoisotopic (exact) mass is 547 g/mol. The number of nitrogen functional groups attached to an aromatic ring is 1. The third-order valence-corrected chi connectivity index (χ3v) is 8.07. The van der Waals surface area contributed by atoms with E-state index in [0.717, 1.165) is 54.3 Å². The molecule has 0 spiro atoms. The van der Waals surface area contributed by atoms with Gasteiger partial charge in [-0.05, 0) is 38.6 Å². The zero-order chi connectivity index (χ0) is 27.5. The second-order valence-corrected chi connectivity index (χ2v) is 11.2. The molecule has 0 saturated heterocycles. The van der Waals surface area contributed by atoms with Gasteiger partial charge in [-0.15, -0.1) is 11.8 Å². The first kappa shape index (κ1) is 27.1. The van der Waals surface area contributed by atoms with Crippen LogP contribution in [0.4, 0.5) is 23.0 Å². The van der Waals surface area contributed by atoms with Gasteiger partial charge in [-0.2, -0.15) is 0 Å². The topological polar surface area (TPSA) is 105 Å². The normalized spacial score (nSPS) is 12.8. The zero-order valence-electron chi connectivity index (χ0n) is 23.1. The molecule has 206 valence electrons. The number of para-hydroxylation sites is 1. The Labute approximate surface area is 234 Å². The number of methoxy groups -OCH3 is 1. The van der Waals surface area contributed by atoms with E-state index in [9.17, 15) is 5.11 Å². The fourth-order valence-electron chi connectivity index (χ4n) is 5.10. The van der Waals surface area contributed by atoms with Crippen LogP contribution >= 0.6 is 11.8 Å². The van der Waals surface area contributed by atoms with Crippen molar-refractivity contribution < 1.29 is 9.84 Å². The molecule has 39 heavy (non-hydrogen) atoms. The lowest BCUT2D eigenvalue weighted by Crippen LogP contribution is -2.29. The number of aliphatic hydroxyl groups is 1. The van der Waals surface area contributed by atoms with Crippen molar-refractivity contribution in [2.75, 3.05) is 69.7 Å². The number of aromatic nitrogens is 3. The van der Waals surface area contributed by atoms with Crippen LogP contribution in [0, 0.1) is 0 Å². The van der Waals surface area contributed by atoms with Gasteiger partial charge in [0.25, 0.3) is 0 Å². The van der Waals surface area contributed by atoms with E-state index in [1.165, 1.54) is 16.5 Å². The molecule has 10 heteroatoms. The van der Waals surface area contributed by atoms with Crippen LogP contribution in [0.3, 0.4) is 0 Å². The fourth-order valence-corrected chi connectivity index (χ4v) is 5.83. The highest BCUT2D eigenvalue weighted by Crippen LogP contribution is 2.40. The maximum Gasteiger partial charge on any atom is 0.227 e. The average Bonchev–Trinajstić information content (AvgIpc) is 3.31. The minimum Gasteiger partial charge on any atom is -0.494 e. The maximum absolute atomic E-state index is 9.49. The summed E-state index contributed by atoms with van der Waals surface area (Å²) in [5.41, 5.74) is 13.3. The van der Waals surface area contributed by atoms with Crippen LogP contribution in [-0.4, -0.2) is 78.2 Å². The number of hydrogen-bond donors (Lipinski definition) is 3. The number of nitrogens with two attached hydrogens (primary N) is 1. The molecule has 2 aromatic heterocycles. The second-order valence-electron chi connectivity index (χ2n) is 10.1. The van der Waals surface area contributed by atoms with Crippen LogP contribution in [0.15, 0.2) is 47.6 Å². The Balaban J connectivity index is 1.52. The number of likely N-dealkylation sites (N-methyl/N-ethyl adjacent to an activating group) is 2. The molecule has 0 aliphatic carbocycles. The third-order valence-electron chi connectivity index (χ3n) is 7.08. The quantitative estimate of drug-likeness (QED) is 0.185. The maximum atomic E-state index is 9.49. The van der Waals surface area contributed by atoms with Gasteiger partial charge in [0.2, 0.25) is 5.95 Å². The lowest BCUT2D eigenvalue weighted by atomic mass is 10.0. The Morgan fingerprint density at radius 1 is 1.21 bits per heavy atom. The number of benzene rings is 2. The minimum absolute atomic E-state index is 0.0851. The number of rotatable bonds is 11.